The number of hydrogen-bond donors (Lipinski definition) is 0. The van der Waals surface area contributed by atoms with E-state index < -0.39 is 6.67 Å². The number of nitrogens with zero attached hydrogens (tertiary/aromatic N) is 2. The molecule has 0 atom stereocenters. The molecule has 1 aromatic rings. The van der Waals surface area contributed by atoms with E-state index in [1.807, 2.05) is 22.6 Å². The standard InChI is InChI=1S/C6H6FIN2O/c7-1-2-10-4-9-3-5(8)6(10)11/h3-4H,1-2H2. The van der Waals surface area contributed by atoms with E-state index in [1.54, 1.807) is 0 Å². The van der Waals surface area contributed by atoms with Crippen LogP contribution < -0.4 is 5.56 Å². The zero-order valence-electron chi connectivity index (χ0n) is 5.63. The second-order valence-electron chi connectivity index (χ2n) is 1.93. The molecule has 60 valence electrons. The van der Waals surface area contributed by atoms with Gasteiger partial charge in [0.25, 0.3) is 5.56 Å². The molecule has 0 fully saturated rings. The lowest BCUT2D eigenvalue weighted by Gasteiger charge is -1.99. The molecule has 0 unspecified atom stereocenters. The summed E-state index contributed by atoms with van der Waals surface area (Å²) in [5.41, 5.74) is -0.182. The van der Waals surface area contributed by atoms with E-state index in [0.29, 0.717) is 3.57 Å². The lowest BCUT2D eigenvalue weighted by Crippen LogP contribution is -2.23. The summed E-state index contributed by atoms with van der Waals surface area (Å²) < 4.78 is 13.6. The molecule has 0 aromatic carbocycles. The molecule has 0 aliphatic heterocycles. The summed E-state index contributed by atoms with van der Waals surface area (Å²) >= 11 is 1.87. The summed E-state index contributed by atoms with van der Waals surface area (Å²) in [7, 11) is 0. The second kappa shape index (κ2) is 3.80. The van der Waals surface area contributed by atoms with Crippen molar-refractivity contribution in [2.45, 2.75) is 6.54 Å². The van der Waals surface area contributed by atoms with Crippen molar-refractivity contribution in [2.24, 2.45) is 0 Å². The van der Waals surface area contributed by atoms with Crippen LogP contribution in [0.1, 0.15) is 0 Å². The highest BCUT2D eigenvalue weighted by atomic mass is 127. The van der Waals surface area contributed by atoms with Gasteiger partial charge in [-0.1, -0.05) is 0 Å². The fraction of sp³-hybridized carbons (Fsp3) is 0.333. The van der Waals surface area contributed by atoms with Gasteiger partial charge >= 0.3 is 0 Å². The lowest BCUT2D eigenvalue weighted by molar-refractivity contribution is 0.437. The van der Waals surface area contributed by atoms with Gasteiger partial charge in [-0.05, 0) is 22.6 Å². The summed E-state index contributed by atoms with van der Waals surface area (Å²) in [6, 6.07) is 0. The maximum Gasteiger partial charge on any atom is 0.266 e. The number of rotatable bonds is 2. The van der Waals surface area contributed by atoms with Crippen LogP contribution in [0.15, 0.2) is 17.3 Å². The van der Waals surface area contributed by atoms with Gasteiger partial charge in [-0.15, -0.1) is 0 Å². The van der Waals surface area contributed by atoms with Crippen molar-refractivity contribution in [3.8, 4) is 0 Å². The maximum absolute atomic E-state index is 11.8. The van der Waals surface area contributed by atoms with Crippen LogP contribution in [0.5, 0.6) is 0 Å². The smallest absolute Gasteiger partial charge is 0.266 e. The van der Waals surface area contributed by atoms with E-state index in [-0.39, 0.29) is 12.1 Å². The highest BCUT2D eigenvalue weighted by molar-refractivity contribution is 14.1. The van der Waals surface area contributed by atoms with Crippen molar-refractivity contribution in [3.05, 3.63) is 26.4 Å². The molecule has 0 aliphatic carbocycles. The minimum absolute atomic E-state index is 0.0860. The van der Waals surface area contributed by atoms with Crippen molar-refractivity contribution in [2.75, 3.05) is 6.67 Å². The van der Waals surface area contributed by atoms with Crippen LogP contribution in [0, 0.1) is 3.57 Å². The average molecular weight is 268 g/mol. The molecule has 1 aromatic heterocycles. The Balaban J connectivity index is 3.07. The molecule has 0 saturated carbocycles. The summed E-state index contributed by atoms with van der Waals surface area (Å²) in [6.45, 7) is -0.454. The number of halogens is 2. The fourth-order valence-corrected chi connectivity index (χ4v) is 1.15. The largest absolute Gasteiger partial charge is 0.296 e. The van der Waals surface area contributed by atoms with Gasteiger partial charge in [-0.3, -0.25) is 9.36 Å². The zero-order chi connectivity index (χ0) is 8.27. The Morgan fingerprint density at radius 1 is 1.73 bits per heavy atom. The number of aryl methyl sites for hydroxylation is 1. The van der Waals surface area contributed by atoms with Crippen molar-refractivity contribution in [1.29, 1.82) is 0 Å². The zero-order valence-corrected chi connectivity index (χ0v) is 7.79. The molecule has 3 nitrogen and oxygen atoms in total. The molecular formula is C6H6FIN2O. The van der Waals surface area contributed by atoms with Crippen LogP contribution in [0.25, 0.3) is 0 Å². The van der Waals surface area contributed by atoms with Crippen molar-refractivity contribution in [1.82, 2.24) is 9.55 Å². The van der Waals surface area contributed by atoms with Crippen LogP contribution in [-0.2, 0) is 6.54 Å². The minimum Gasteiger partial charge on any atom is -0.296 e. The monoisotopic (exact) mass is 268 g/mol. The SMILES string of the molecule is O=c1c(I)cncn1CCF. The van der Waals surface area contributed by atoms with E-state index in [0.717, 1.165) is 0 Å². The molecule has 1 rings (SSSR count). The van der Waals surface area contributed by atoms with E-state index in [1.165, 1.54) is 17.1 Å². The maximum atomic E-state index is 11.8. The van der Waals surface area contributed by atoms with Gasteiger partial charge in [0.2, 0.25) is 0 Å². The fourth-order valence-electron chi connectivity index (χ4n) is 0.674. The molecular weight excluding hydrogens is 262 g/mol. The molecule has 1 heterocycles. The van der Waals surface area contributed by atoms with E-state index in [4.69, 9.17) is 0 Å². The summed E-state index contributed by atoms with van der Waals surface area (Å²) in [6.07, 6.45) is 2.79. The lowest BCUT2D eigenvalue weighted by atomic mass is 10.6. The predicted octanol–water partition coefficient (Wildman–Crippen LogP) is 0.817. The van der Waals surface area contributed by atoms with E-state index in [2.05, 4.69) is 4.98 Å². The van der Waals surface area contributed by atoms with E-state index in [9.17, 15) is 9.18 Å². The molecule has 11 heavy (non-hydrogen) atoms. The summed E-state index contributed by atoms with van der Waals surface area (Å²) in [5, 5.41) is 0. The third kappa shape index (κ3) is 1.98. The Hall–Kier alpha value is -0.460. The van der Waals surface area contributed by atoms with Crippen molar-refractivity contribution in [3.63, 3.8) is 0 Å². The first-order chi connectivity index (χ1) is 5.25. The quantitative estimate of drug-likeness (QED) is 0.744. The molecule has 0 spiro atoms. The van der Waals surface area contributed by atoms with E-state index >= 15 is 0 Å². The van der Waals surface area contributed by atoms with Gasteiger partial charge in [0, 0.05) is 6.20 Å². The Bertz CT molecular complexity index is 299. The first kappa shape index (κ1) is 8.63. The van der Waals surface area contributed by atoms with Crippen LogP contribution in [0.4, 0.5) is 4.39 Å². The minimum atomic E-state index is -0.540. The van der Waals surface area contributed by atoms with Crippen molar-refractivity contribution >= 4 is 22.6 Å². The summed E-state index contributed by atoms with van der Waals surface area (Å²) in [5.74, 6) is 0. The molecule has 0 saturated heterocycles. The van der Waals surface area contributed by atoms with Crippen molar-refractivity contribution < 1.29 is 4.39 Å². The van der Waals surface area contributed by atoms with Crippen LogP contribution in [0.2, 0.25) is 0 Å². The molecule has 5 heteroatoms. The normalized spacial score (nSPS) is 10.0. The third-order valence-corrected chi connectivity index (χ3v) is 1.92. The Labute approximate surface area is 76.4 Å². The molecule has 0 amide bonds. The van der Waals surface area contributed by atoms with Crippen LogP contribution >= 0.6 is 22.6 Å². The van der Waals surface area contributed by atoms with Gasteiger partial charge in [-0.2, -0.15) is 0 Å². The molecule has 0 N–H and O–H groups in total. The highest BCUT2D eigenvalue weighted by Gasteiger charge is 1.98. The van der Waals surface area contributed by atoms with Gasteiger partial charge in [0.1, 0.15) is 6.67 Å². The highest BCUT2D eigenvalue weighted by Crippen LogP contribution is 1.92. The number of hydrogen-bond acceptors (Lipinski definition) is 2. The molecule has 0 bridgehead atoms. The average Bonchev–Trinajstić information content (AvgIpc) is 1.99. The topological polar surface area (TPSA) is 34.9 Å². The predicted molar refractivity (Wildman–Crippen MR) is 47.2 cm³/mol. The Kier molecular flexibility index (Phi) is 2.98. The van der Waals surface area contributed by atoms with Crippen LogP contribution in [0.3, 0.4) is 0 Å². The first-order valence-electron chi connectivity index (χ1n) is 3.01. The van der Waals surface area contributed by atoms with Gasteiger partial charge in [0.15, 0.2) is 0 Å². The van der Waals surface area contributed by atoms with Gasteiger partial charge in [0.05, 0.1) is 16.4 Å². The molecule has 0 aliphatic rings. The Morgan fingerprint density at radius 3 is 3.09 bits per heavy atom. The van der Waals surface area contributed by atoms with Gasteiger partial charge < -0.3 is 0 Å². The molecule has 0 radical (unpaired) electrons. The first-order valence-corrected chi connectivity index (χ1v) is 4.09. The number of alkyl halides is 1. The number of aromatic nitrogens is 2. The van der Waals surface area contributed by atoms with Crippen LogP contribution in [-0.4, -0.2) is 16.2 Å². The Morgan fingerprint density at radius 2 is 2.45 bits per heavy atom. The third-order valence-electron chi connectivity index (χ3n) is 1.18. The van der Waals surface area contributed by atoms with Gasteiger partial charge in [-0.25, -0.2) is 9.37 Å². The summed E-state index contributed by atoms with van der Waals surface area (Å²) in [4.78, 5) is 14.9. The second-order valence-corrected chi connectivity index (χ2v) is 3.09.